The normalized spacial score (nSPS) is 10.1. The standard InChI is InChI=1S/C14H13NO3S/c16-13(15-9-11-5-3-7-19-11)8-10-4-1-2-6-12(10)14(17)18/h1-7H,8-9H2,(H,15,16)(H,17,18). The Morgan fingerprint density at radius 3 is 2.63 bits per heavy atom. The van der Waals surface area contributed by atoms with Crippen LogP contribution in [0.1, 0.15) is 20.8 Å². The number of benzene rings is 1. The molecular weight excluding hydrogens is 262 g/mol. The number of aromatic carboxylic acids is 1. The molecule has 0 atom stereocenters. The van der Waals surface area contributed by atoms with Crippen LogP contribution < -0.4 is 5.32 Å². The highest BCUT2D eigenvalue weighted by Gasteiger charge is 2.12. The quantitative estimate of drug-likeness (QED) is 0.880. The zero-order valence-electron chi connectivity index (χ0n) is 10.1. The second kappa shape index (κ2) is 6.15. The van der Waals surface area contributed by atoms with Crippen molar-refractivity contribution in [1.29, 1.82) is 0 Å². The predicted molar refractivity (Wildman–Crippen MR) is 73.3 cm³/mol. The Morgan fingerprint density at radius 2 is 1.95 bits per heavy atom. The molecule has 0 saturated heterocycles. The highest BCUT2D eigenvalue weighted by atomic mass is 32.1. The average molecular weight is 275 g/mol. The van der Waals surface area contributed by atoms with Crippen LogP contribution in [0.15, 0.2) is 41.8 Å². The number of amides is 1. The molecule has 0 unspecified atom stereocenters. The fourth-order valence-corrected chi connectivity index (χ4v) is 2.36. The van der Waals surface area contributed by atoms with E-state index in [-0.39, 0.29) is 17.9 Å². The lowest BCUT2D eigenvalue weighted by Crippen LogP contribution is -2.24. The predicted octanol–water partition coefficient (Wildman–Crippen LogP) is 2.31. The van der Waals surface area contributed by atoms with Gasteiger partial charge in [0.2, 0.25) is 5.91 Å². The summed E-state index contributed by atoms with van der Waals surface area (Å²) < 4.78 is 0. The highest BCUT2D eigenvalue weighted by Crippen LogP contribution is 2.10. The number of hydrogen-bond donors (Lipinski definition) is 2. The minimum absolute atomic E-state index is 0.0772. The van der Waals surface area contributed by atoms with Crippen molar-refractivity contribution in [3.05, 3.63) is 57.8 Å². The van der Waals surface area contributed by atoms with Gasteiger partial charge in [0.05, 0.1) is 18.5 Å². The number of carbonyl (C=O) groups excluding carboxylic acids is 1. The molecule has 2 rings (SSSR count). The molecular formula is C14H13NO3S. The second-order valence-corrected chi connectivity index (χ2v) is 5.03. The number of rotatable bonds is 5. The smallest absolute Gasteiger partial charge is 0.335 e. The van der Waals surface area contributed by atoms with E-state index in [1.807, 2.05) is 17.5 Å². The highest BCUT2D eigenvalue weighted by molar-refractivity contribution is 7.09. The molecule has 1 amide bonds. The lowest BCUT2D eigenvalue weighted by atomic mass is 10.0. The molecule has 2 N–H and O–H groups in total. The van der Waals surface area contributed by atoms with E-state index in [2.05, 4.69) is 5.32 Å². The minimum Gasteiger partial charge on any atom is -0.478 e. The summed E-state index contributed by atoms with van der Waals surface area (Å²) >= 11 is 1.57. The van der Waals surface area contributed by atoms with E-state index in [1.54, 1.807) is 29.5 Å². The number of carbonyl (C=O) groups is 2. The number of thiophene rings is 1. The van der Waals surface area contributed by atoms with Crippen LogP contribution >= 0.6 is 11.3 Å². The van der Waals surface area contributed by atoms with E-state index in [0.717, 1.165) is 4.88 Å². The van der Waals surface area contributed by atoms with E-state index in [1.165, 1.54) is 6.07 Å². The first-order chi connectivity index (χ1) is 9.16. The van der Waals surface area contributed by atoms with Gasteiger partial charge in [-0.1, -0.05) is 24.3 Å². The Kier molecular flexibility index (Phi) is 4.30. The molecule has 0 fully saturated rings. The molecule has 0 aliphatic heterocycles. The molecule has 4 nitrogen and oxygen atoms in total. The summed E-state index contributed by atoms with van der Waals surface area (Å²) in [5.74, 6) is -1.19. The third-order valence-corrected chi connectivity index (χ3v) is 3.52. The average Bonchev–Trinajstić information content (AvgIpc) is 2.90. The van der Waals surface area contributed by atoms with Crippen molar-refractivity contribution in [2.75, 3.05) is 0 Å². The third-order valence-electron chi connectivity index (χ3n) is 2.64. The van der Waals surface area contributed by atoms with Crippen molar-refractivity contribution in [3.8, 4) is 0 Å². The maximum Gasteiger partial charge on any atom is 0.335 e. The maximum absolute atomic E-state index is 11.8. The van der Waals surface area contributed by atoms with Gasteiger partial charge in [-0.05, 0) is 23.1 Å². The summed E-state index contributed by atoms with van der Waals surface area (Å²) in [6.07, 6.45) is 0.0772. The maximum atomic E-state index is 11.8. The number of carboxylic acids is 1. The zero-order chi connectivity index (χ0) is 13.7. The Morgan fingerprint density at radius 1 is 1.16 bits per heavy atom. The van der Waals surface area contributed by atoms with E-state index >= 15 is 0 Å². The largest absolute Gasteiger partial charge is 0.478 e. The summed E-state index contributed by atoms with van der Waals surface area (Å²) in [4.78, 5) is 23.9. The fraction of sp³-hybridized carbons (Fsp3) is 0.143. The van der Waals surface area contributed by atoms with Gasteiger partial charge in [-0.25, -0.2) is 4.79 Å². The van der Waals surface area contributed by atoms with E-state index in [9.17, 15) is 9.59 Å². The van der Waals surface area contributed by atoms with Crippen LogP contribution in [0.5, 0.6) is 0 Å². The summed E-state index contributed by atoms with van der Waals surface area (Å²) in [6.45, 7) is 0.478. The summed E-state index contributed by atoms with van der Waals surface area (Å²) in [7, 11) is 0. The van der Waals surface area contributed by atoms with Crippen molar-refractivity contribution < 1.29 is 14.7 Å². The topological polar surface area (TPSA) is 66.4 Å². The van der Waals surface area contributed by atoms with Crippen LogP contribution in [-0.4, -0.2) is 17.0 Å². The Labute approximate surface area is 114 Å². The minimum atomic E-state index is -1.01. The number of hydrogen-bond acceptors (Lipinski definition) is 3. The van der Waals surface area contributed by atoms with Crippen molar-refractivity contribution in [2.45, 2.75) is 13.0 Å². The second-order valence-electron chi connectivity index (χ2n) is 4.00. The first-order valence-corrected chi connectivity index (χ1v) is 6.65. The molecule has 1 aromatic heterocycles. The van der Waals surface area contributed by atoms with Crippen LogP contribution in [0.2, 0.25) is 0 Å². The Hall–Kier alpha value is -2.14. The molecule has 1 aromatic carbocycles. The molecule has 2 aromatic rings. The molecule has 19 heavy (non-hydrogen) atoms. The fourth-order valence-electron chi connectivity index (χ4n) is 1.72. The van der Waals surface area contributed by atoms with E-state index < -0.39 is 5.97 Å². The molecule has 0 bridgehead atoms. The summed E-state index contributed by atoms with van der Waals surface area (Å²) in [5.41, 5.74) is 0.701. The van der Waals surface area contributed by atoms with Gasteiger partial charge >= 0.3 is 5.97 Å². The van der Waals surface area contributed by atoms with Gasteiger partial charge in [0.25, 0.3) is 0 Å². The van der Waals surface area contributed by atoms with Crippen molar-refractivity contribution in [1.82, 2.24) is 5.32 Å². The van der Waals surface area contributed by atoms with Crippen molar-refractivity contribution >= 4 is 23.2 Å². The molecule has 0 aliphatic rings. The third kappa shape index (κ3) is 3.66. The molecule has 98 valence electrons. The molecule has 0 spiro atoms. The van der Waals surface area contributed by atoms with Crippen LogP contribution in [0.3, 0.4) is 0 Å². The summed E-state index contributed by atoms with van der Waals surface area (Å²) in [6, 6.07) is 10.4. The first kappa shape index (κ1) is 13.3. The van der Waals surface area contributed by atoms with E-state index in [0.29, 0.717) is 12.1 Å². The monoisotopic (exact) mass is 275 g/mol. The van der Waals surface area contributed by atoms with Gasteiger partial charge in [0.1, 0.15) is 0 Å². The molecule has 1 heterocycles. The van der Waals surface area contributed by atoms with Crippen LogP contribution in [-0.2, 0) is 17.8 Å². The van der Waals surface area contributed by atoms with Crippen LogP contribution in [0.25, 0.3) is 0 Å². The SMILES string of the molecule is O=C(Cc1ccccc1C(=O)O)NCc1cccs1. The van der Waals surface area contributed by atoms with Crippen LogP contribution in [0, 0.1) is 0 Å². The van der Waals surface area contributed by atoms with Crippen molar-refractivity contribution in [3.63, 3.8) is 0 Å². The Balaban J connectivity index is 1.97. The molecule has 0 radical (unpaired) electrons. The summed E-state index contributed by atoms with van der Waals surface area (Å²) in [5, 5.41) is 13.8. The molecule has 0 saturated carbocycles. The number of carboxylic acid groups (broad SMARTS) is 1. The zero-order valence-corrected chi connectivity index (χ0v) is 10.9. The first-order valence-electron chi connectivity index (χ1n) is 5.77. The van der Waals surface area contributed by atoms with Gasteiger partial charge in [0, 0.05) is 4.88 Å². The Bertz CT molecular complexity index is 578. The van der Waals surface area contributed by atoms with Crippen LogP contribution in [0.4, 0.5) is 0 Å². The van der Waals surface area contributed by atoms with Crippen molar-refractivity contribution in [2.24, 2.45) is 0 Å². The lowest BCUT2D eigenvalue weighted by Gasteiger charge is -2.06. The van der Waals surface area contributed by atoms with E-state index in [4.69, 9.17) is 5.11 Å². The van der Waals surface area contributed by atoms with Gasteiger partial charge in [-0.3, -0.25) is 4.79 Å². The van der Waals surface area contributed by atoms with Gasteiger partial charge in [-0.15, -0.1) is 11.3 Å². The number of nitrogens with one attached hydrogen (secondary N) is 1. The lowest BCUT2D eigenvalue weighted by molar-refractivity contribution is -0.120. The van der Waals surface area contributed by atoms with Gasteiger partial charge < -0.3 is 10.4 Å². The van der Waals surface area contributed by atoms with Gasteiger partial charge in [-0.2, -0.15) is 0 Å². The van der Waals surface area contributed by atoms with Gasteiger partial charge in [0.15, 0.2) is 0 Å². The molecule has 5 heteroatoms. The molecule has 0 aliphatic carbocycles.